The number of hydrogen-bond acceptors (Lipinski definition) is 2. The first-order valence-corrected chi connectivity index (χ1v) is 6.20. The number of carbonyl (C=O) groups excluding carboxylic acids is 1. The summed E-state index contributed by atoms with van der Waals surface area (Å²) < 4.78 is 5.26. The van der Waals surface area contributed by atoms with Gasteiger partial charge in [0.05, 0.1) is 13.2 Å². The van der Waals surface area contributed by atoms with Crippen molar-refractivity contribution in [2.24, 2.45) is 0 Å². The first-order valence-electron chi connectivity index (χ1n) is 6.20. The molecule has 1 heterocycles. The molecule has 4 nitrogen and oxygen atoms in total. The Kier molecular flexibility index (Phi) is 4.04. The van der Waals surface area contributed by atoms with Crippen molar-refractivity contribution in [3.8, 4) is 0 Å². The zero-order valence-electron chi connectivity index (χ0n) is 10.0. The molecule has 1 aliphatic carbocycles. The minimum absolute atomic E-state index is 0.176. The van der Waals surface area contributed by atoms with E-state index in [1.165, 1.54) is 0 Å². The predicted octanol–water partition coefficient (Wildman–Crippen LogP) is 1.52. The van der Waals surface area contributed by atoms with E-state index in [-0.39, 0.29) is 6.03 Å². The van der Waals surface area contributed by atoms with Crippen molar-refractivity contribution in [1.82, 2.24) is 9.80 Å². The molecule has 0 aromatic rings. The van der Waals surface area contributed by atoms with E-state index >= 15 is 0 Å². The lowest BCUT2D eigenvalue weighted by atomic mass is 9.95. The van der Waals surface area contributed by atoms with Gasteiger partial charge in [-0.05, 0) is 32.1 Å². The first kappa shape index (κ1) is 11.7. The van der Waals surface area contributed by atoms with Crippen LogP contribution in [0, 0.1) is 6.42 Å². The Morgan fingerprint density at radius 3 is 2.56 bits per heavy atom. The SMILES string of the molecule is CN(C(=O)N1CCOCC1)C1CC[CH]CC1. The van der Waals surface area contributed by atoms with Crippen molar-refractivity contribution >= 4 is 6.03 Å². The van der Waals surface area contributed by atoms with E-state index in [0.29, 0.717) is 19.3 Å². The summed E-state index contributed by atoms with van der Waals surface area (Å²) in [6.07, 6.45) is 6.85. The van der Waals surface area contributed by atoms with E-state index < -0.39 is 0 Å². The summed E-state index contributed by atoms with van der Waals surface area (Å²) in [4.78, 5) is 16.0. The summed E-state index contributed by atoms with van der Waals surface area (Å²) in [5, 5.41) is 0. The third kappa shape index (κ3) is 2.67. The van der Waals surface area contributed by atoms with E-state index in [4.69, 9.17) is 4.74 Å². The average molecular weight is 225 g/mol. The molecule has 1 saturated carbocycles. The van der Waals surface area contributed by atoms with Crippen LogP contribution in [0.1, 0.15) is 25.7 Å². The van der Waals surface area contributed by atoms with Crippen LogP contribution in [0.3, 0.4) is 0 Å². The minimum atomic E-state index is 0.176. The standard InChI is InChI=1S/C12H21N2O2/c1-13(11-5-3-2-4-6-11)12(15)14-7-9-16-10-8-14/h2,11H,3-10H2,1H3. The normalized spacial score (nSPS) is 23.2. The Balaban J connectivity index is 1.86. The van der Waals surface area contributed by atoms with Gasteiger partial charge in [-0.3, -0.25) is 0 Å². The maximum absolute atomic E-state index is 12.2. The van der Waals surface area contributed by atoms with Crippen LogP contribution in [-0.2, 0) is 4.74 Å². The van der Waals surface area contributed by atoms with E-state index in [1.54, 1.807) is 0 Å². The Labute approximate surface area is 97.5 Å². The topological polar surface area (TPSA) is 32.8 Å². The molecular weight excluding hydrogens is 204 g/mol. The number of ether oxygens (including phenoxy) is 1. The van der Waals surface area contributed by atoms with Crippen molar-refractivity contribution in [2.45, 2.75) is 31.7 Å². The van der Waals surface area contributed by atoms with E-state index in [9.17, 15) is 4.79 Å². The van der Waals surface area contributed by atoms with Gasteiger partial charge in [-0.1, -0.05) is 0 Å². The predicted molar refractivity (Wildman–Crippen MR) is 62.1 cm³/mol. The van der Waals surface area contributed by atoms with Crippen LogP contribution in [0.5, 0.6) is 0 Å². The lowest BCUT2D eigenvalue weighted by Gasteiger charge is -2.36. The lowest BCUT2D eigenvalue weighted by molar-refractivity contribution is 0.0408. The average Bonchev–Trinajstić information content (AvgIpc) is 2.39. The number of carbonyl (C=O) groups is 1. The molecule has 16 heavy (non-hydrogen) atoms. The van der Waals surface area contributed by atoms with Gasteiger partial charge in [0, 0.05) is 26.2 Å². The van der Waals surface area contributed by atoms with Crippen LogP contribution in [-0.4, -0.2) is 55.2 Å². The molecule has 0 N–H and O–H groups in total. The fourth-order valence-corrected chi connectivity index (χ4v) is 2.43. The van der Waals surface area contributed by atoms with E-state index in [0.717, 1.165) is 38.8 Å². The van der Waals surface area contributed by atoms with Gasteiger partial charge < -0.3 is 14.5 Å². The number of morpholine rings is 1. The van der Waals surface area contributed by atoms with E-state index in [2.05, 4.69) is 6.42 Å². The molecule has 2 amide bonds. The molecule has 0 aromatic carbocycles. The fourth-order valence-electron chi connectivity index (χ4n) is 2.43. The second-order valence-corrected chi connectivity index (χ2v) is 4.59. The number of rotatable bonds is 1. The highest BCUT2D eigenvalue weighted by molar-refractivity contribution is 5.74. The van der Waals surface area contributed by atoms with Crippen LogP contribution in [0.2, 0.25) is 0 Å². The molecule has 4 heteroatoms. The quantitative estimate of drug-likeness (QED) is 0.678. The molecule has 91 valence electrons. The van der Waals surface area contributed by atoms with Gasteiger partial charge in [-0.25, -0.2) is 4.79 Å². The molecule has 0 bridgehead atoms. The zero-order valence-corrected chi connectivity index (χ0v) is 10.0. The van der Waals surface area contributed by atoms with Crippen LogP contribution in [0.4, 0.5) is 4.79 Å². The second kappa shape index (κ2) is 5.53. The van der Waals surface area contributed by atoms with Gasteiger partial charge in [-0.2, -0.15) is 0 Å². The number of amides is 2. The van der Waals surface area contributed by atoms with Crippen LogP contribution in [0.15, 0.2) is 0 Å². The Morgan fingerprint density at radius 1 is 1.31 bits per heavy atom. The van der Waals surface area contributed by atoms with Crippen molar-refractivity contribution in [2.75, 3.05) is 33.4 Å². The van der Waals surface area contributed by atoms with Crippen LogP contribution >= 0.6 is 0 Å². The Morgan fingerprint density at radius 2 is 1.94 bits per heavy atom. The summed E-state index contributed by atoms with van der Waals surface area (Å²) in [5.74, 6) is 0. The van der Waals surface area contributed by atoms with Gasteiger partial charge in [0.1, 0.15) is 0 Å². The molecule has 0 unspecified atom stereocenters. The van der Waals surface area contributed by atoms with Gasteiger partial charge in [0.25, 0.3) is 0 Å². The maximum Gasteiger partial charge on any atom is 0.320 e. The highest BCUT2D eigenvalue weighted by Crippen LogP contribution is 2.21. The molecule has 1 radical (unpaired) electrons. The van der Waals surface area contributed by atoms with Crippen molar-refractivity contribution < 1.29 is 9.53 Å². The molecule has 2 fully saturated rings. The van der Waals surface area contributed by atoms with Gasteiger partial charge in [0.15, 0.2) is 0 Å². The Bertz CT molecular complexity index is 233. The van der Waals surface area contributed by atoms with E-state index in [1.807, 2.05) is 16.8 Å². The molecule has 0 aromatic heterocycles. The Hall–Kier alpha value is -0.770. The monoisotopic (exact) mass is 225 g/mol. The summed E-state index contributed by atoms with van der Waals surface area (Å²) in [6.45, 7) is 2.83. The largest absolute Gasteiger partial charge is 0.378 e. The summed E-state index contributed by atoms with van der Waals surface area (Å²) in [7, 11) is 1.94. The highest BCUT2D eigenvalue weighted by Gasteiger charge is 2.26. The van der Waals surface area contributed by atoms with Gasteiger partial charge >= 0.3 is 6.03 Å². The lowest BCUT2D eigenvalue weighted by Crippen LogP contribution is -2.50. The minimum Gasteiger partial charge on any atom is -0.378 e. The summed E-state index contributed by atoms with van der Waals surface area (Å²) >= 11 is 0. The van der Waals surface area contributed by atoms with Crippen molar-refractivity contribution in [3.05, 3.63) is 6.42 Å². The fraction of sp³-hybridized carbons (Fsp3) is 0.833. The van der Waals surface area contributed by atoms with Crippen molar-refractivity contribution in [1.29, 1.82) is 0 Å². The number of nitrogens with zero attached hydrogens (tertiary/aromatic N) is 2. The summed E-state index contributed by atoms with van der Waals surface area (Å²) in [5.41, 5.74) is 0. The molecular formula is C12H21N2O2. The van der Waals surface area contributed by atoms with Crippen LogP contribution < -0.4 is 0 Å². The zero-order chi connectivity index (χ0) is 11.4. The summed E-state index contributed by atoms with van der Waals surface area (Å²) in [6, 6.07) is 0.607. The van der Waals surface area contributed by atoms with Gasteiger partial charge in [0.2, 0.25) is 0 Å². The number of urea groups is 1. The molecule has 0 atom stereocenters. The maximum atomic E-state index is 12.2. The first-order chi connectivity index (χ1) is 7.79. The van der Waals surface area contributed by atoms with Crippen LogP contribution in [0.25, 0.3) is 0 Å². The van der Waals surface area contributed by atoms with Crippen molar-refractivity contribution in [3.63, 3.8) is 0 Å². The second-order valence-electron chi connectivity index (χ2n) is 4.59. The number of hydrogen-bond donors (Lipinski definition) is 0. The molecule has 2 rings (SSSR count). The third-order valence-corrected chi connectivity index (χ3v) is 3.54. The molecule has 1 aliphatic heterocycles. The smallest absolute Gasteiger partial charge is 0.320 e. The van der Waals surface area contributed by atoms with Gasteiger partial charge in [-0.15, -0.1) is 0 Å². The highest BCUT2D eigenvalue weighted by atomic mass is 16.5. The third-order valence-electron chi connectivity index (χ3n) is 3.54. The molecule has 0 spiro atoms. The molecule has 1 saturated heterocycles. The molecule has 2 aliphatic rings.